The maximum atomic E-state index is 8.73. The zero-order chi connectivity index (χ0) is 6.57. The van der Waals surface area contributed by atoms with E-state index in [0.29, 0.717) is 0 Å². The summed E-state index contributed by atoms with van der Waals surface area (Å²) in [4.78, 5) is 0. The van der Waals surface area contributed by atoms with Crippen LogP contribution in [0, 0.1) is 0 Å². The summed E-state index contributed by atoms with van der Waals surface area (Å²) in [6.45, 7) is 1.44. The van der Waals surface area contributed by atoms with Crippen molar-refractivity contribution in [1.29, 1.82) is 0 Å². The molecule has 2 unspecified atom stereocenters. The van der Waals surface area contributed by atoms with Gasteiger partial charge in [0.2, 0.25) is 0 Å². The van der Waals surface area contributed by atoms with E-state index >= 15 is 0 Å². The Labute approximate surface area is 48.9 Å². The molecule has 0 radical (unpaired) electrons. The van der Waals surface area contributed by atoms with E-state index in [-0.39, 0.29) is 6.61 Å². The summed E-state index contributed by atoms with van der Waals surface area (Å²) in [5.41, 5.74) is 0. The minimum absolute atomic E-state index is 0.131. The molecule has 0 bridgehead atoms. The third kappa shape index (κ3) is 2.26. The first-order valence-corrected chi connectivity index (χ1v) is 2.54. The van der Waals surface area contributed by atoms with Crippen molar-refractivity contribution in [3.63, 3.8) is 0 Å². The molecule has 0 rings (SSSR count). The molecule has 0 saturated carbocycles. The van der Waals surface area contributed by atoms with Gasteiger partial charge in [0.25, 0.3) is 0 Å². The molecule has 0 amide bonds. The fourth-order valence-corrected chi connectivity index (χ4v) is 0.424. The average molecular weight is 120 g/mol. The monoisotopic (exact) mass is 120 g/mol. The van der Waals surface area contributed by atoms with Gasteiger partial charge in [0.1, 0.15) is 6.10 Å². The van der Waals surface area contributed by atoms with Gasteiger partial charge in [-0.15, -0.1) is 0 Å². The van der Waals surface area contributed by atoms with Crippen LogP contribution in [0.2, 0.25) is 0 Å². The van der Waals surface area contributed by atoms with Crippen LogP contribution < -0.4 is 0 Å². The molecule has 0 aliphatic rings. The first-order chi connectivity index (χ1) is 3.72. The Hall–Kier alpha value is -0.120. The third-order valence-corrected chi connectivity index (χ3v) is 1.02. The van der Waals surface area contributed by atoms with Gasteiger partial charge in [0.15, 0.2) is 0 Å². The summed E-state index contributed by atoms with van der Waals surface area (Å²) in [5.74, 6) is 0. The molecular weight excluding hydrogens is 108 g/mol. The molecule has 0 aromatic rings. The van der Waals surface area contributed by atoms with Crippen LogP contribution in [-0.2, 0) is 4.74 Å². The predicted octanol–water partition coefficient (Wildman–Crippen LogP) is -0.626. The molecule has 50 valence electrons. The molecule has 0 aliphatic heterocycles. The van der Waals surface area contributed by atoms with Crippen molar-refractivity contribution < 1.29 is 14.9 Å². The normalized spacial score (nSPS) is 18.0. The number of aliphatic hydroxyl groups excluding tert-OH is 2. The molecule has 0 aromatic carbocycles. The lowest BCUT2D eigenvalue weighted by Gasteiger charge is -2.13. The molecule has 0 spiro atoms. The van der Waals surface area contributed by atoms with Crippen LogP contribution in [0.5, 0.6) is 0 Å². The lowest BCUT2D eigenvalue weighted by Crippen LogP contribution is -2.28. The molecule has 3 heteroatoms. The van der Waals surface area contributed by atoms with Gasteiger partial charge in [-0.3, -0.25) is 0 Å². The van der Waals surface area contributed by atoms with Gasteiger partial charge in [-0.05, 0) is 6.92 Å². The van der Waals surface area contributed by atoms with E-state index in [0.717, 1.165) is 0 Å². The number of methoxy groups -OCH3 is 1. The molecule has 0 heterocycles. The highest BCUT2D eigenvalue weighted by Crippen LogP contribution is 1.93. The molecule has 8 heavy (non-hydrogen) atoms. The van der Waals surface area contributed by atoms with Crippen molar-refractivity contribution in [2.75, 3.05) is 13.7 Å². The van der Waals surface area contributed by atoms with Gasteiger partial charge in [0.05, 0.1) is 12.7 Å². The van der Waals surface area contributed by atoms with Crippen LogP contribution in [0.3, 0.4) is 0 Å². The Morgan fingerprint density at radius 1 is 1.62 bits per heavy atom. The Morgan fingerprint density at radius 3 is 2.12 bits per heavy atom. The van der Waals surface area contributed by atoms with Crippen molar-refractivity contribution in [3.8, 4) is 0 Å². The fourth-order valence-electron chi connectivity index (χ4n) is 0.424. The summed E-state index contributed by atoms with van der Waals surface area (Å²) in [7, 11) is 1.45. The topological polar surface area (TPSA) is 49.7 Å². The summed E-state index contributed by atoms with van der Waals surface area (Å²) in [6.07, 6.45) is -1.03. The SMILES string of the molecule is COC(CO)C(C)O. The van der Waals surface area contributed by atoms with E-state index < -0.39 is 12.2 Å². The van der Waals surface area contributed by atoms with Crippen molar-refractivity contribution in [2.24, 2.45) is 0 Å². The third-order valence-electron chi connectivity index (χ3n) is 1.02. The fraction of sp³-hybridized carbons (Fsp3) is 1.00. The maximum absolute atomic E-state index is 8.73. The van der Waals surface area contributed by atoms with E-state index in [4.69, 9.17) is 10.2 Å². The summed E-state index contributed by atoms with van der Waals surface area (Å²) in [5, 5.41) is 17.1. The van der Waals surface area contributed by atoms with Gasteiger partial charge in [0, 0.05) is 7.11 Å². The van der Waals surface area contributed by atoms with E-state index in [1.54, 1.807) is 6.92 Å². The first-order valence-electron chi connectivity index (χ1n) is 2.54. The standard InChI is InChI=1S/C5H12O3/c1-4(7)5(3-6)8-2/h4-7H,3H2,1-2H3. The van der Waals surface area contributed by atoms with Crippen LogP contribution in [0.15, 0.2) is 0 Å². The molecular formula is C5H12O3. The average Bonchev–Trinajstić information content (AvgIpc) is 1.69. The van der Waals surface area contributed by atoms with Gasteiger partial charge in [-0.25, -0.2) is 0 Å². The number of aliphatic hydroxyl groups is 2. The second-order valence-corrected chi connectivity index (χ2v) is 1.70. The van der Waals surface area contributed by atoms with Crippen LogP contribution in [0.25, 0.3) is 0 Å². The zero-order valence-corrected chi connectivity index (χ0v) is 5.16. The molecule has 0 aliphatic carbocycles. The van der Waals surface area contributed by atoms with Crippen molar-refractivity contribution in [3.05, 3.63) is 0 Å². The van der Waals surface area contributed by atoms with Crippen LogP contribution >= 0.6 is 0 Å². The van der Waals surface area contributed by atoms with Gasteiger partial charge in [-0.2, -0.15) is 0 Å². The van der Waals surface area contributed by atoms with E-state index in [2.05, 4.69) is 4.74 Å². The van der Waals surface area contributed by atoms with Gasteiger partial charge in [-0.1, -0.05) is 0 Å². The van der Waals surface area contributed by atoms with E-state index in [1.165, 1.54) is 7.11 Å². The summed E-state index contributed by atoms with van der Waals surface area (Å²) >= 11 is 0. The Balaban J connectivity index is 3.35. The molecule has 2 atom stereocenters. The summed E-state index contributed by atoms with van der Waals surface area (Å²) in [6, 6.07) is 0. The van der Waals surface area contributed by atoms with E-state index in [9.17, 15) is 0 Å². The number of hydrogen-bond donors (Lipinski definition) is 2. The Kier molecular flexibility index (Phi) is 3.77. The lowest BCUT2D eigenvalue weighted by molar-refractivity contribution is -0.0326. The van der Waals surface area contributed by atoms with Crippen LogP contribution in [-0.4, -0.2) is 36.1 Å². The highest BCUT2D eigenvalue weighted by molar-refractivity contribution is 4.60. The maximum Gasteiger partial charge on any atom is 0.106 e. The quantitative estimate of drug-likeness (QED) is 0.521. The number of ether oxygens (including phenoxy) is 1. The second kappa shape index (κ2) is 3.83. The van der Waals surface area contributed by atoms with Crippen molar-refractivity contribution in [1.82, 2.24) is 0 Å². The molecule has 3 nitrogen and oxygen atoms in total. The van der Waals surface area contributed by atoms with Crippen LogP contribution in [0.1, 0.15) is 6.92 Å². The van der Waals surface area contributed by atoms with E-state index in [1.807, 2.05) is 0 Å². The Morgan fingerprint density at radius 2 is 2.12 bits per heavy atom. The molecule has 2 N–H and O–H groups in total. The lowest BCUT2D eigenvalue weighted by atomic mass is 10.2. The smallest absolute Gasteiger partial charge is 0.106 e. The predicted molar refractivity (Wildman–Crippen MR) is 29.6 cm³/mol. The minimum Gasteiger partial charge on any atom is -0.394 e. The highest BCUT2D eigenvalue weighted by atomic mass is 16.5. The summed E-state index contributed by atoms with van der Waals surface area (Å²) < 4.78 is 4.66. The van der Waals surface area contributed by atoms with Gasteiger partial charge < -0.3 is 14.9 Å². The zero-order valence-electron chi connectivity index (χ0n) is 5.16. The first kappa shape index (κ1) is 7.88. The molecule has 0 saturated heterocycles. The molecule has 0 fully saturated rings. The van der Waals surface area contributed by atoms with Crippen molar-refractivity contribution >= 4 is 0 Å². The number of rotatable bonds is 3. The highest BCUT2D eigenvalue weighted by Gasteiger charge is 2.10. The largest absolute Gasteiger partial charge is 0.394 e. The Bertz CT molecular complexity index is 49.6. The number of hydrogen-bond acceptors (Lipinski definition) is 3. The molecule has 0 aromatic heterocycles. The van der Waals surface area contributed by atoms with Crippen LogP contribution in [0.4, 0.5) is 0 Å². The second-order valence-electron chi connectivity index (χ2n) is 1.70. The van der Waals surface area contributed by atoms with Crippen molar-refractivity contribution in [2.45, 2.75) is 19.1 Å². The minimum atomic E-state index is -0.593. The van der Waals surface area contributed by atoms with Gasteiger partial charge >= 0.3 is 0 Å².